The maximum Gasteiger partial charge on any atom is 0.319 e. The molecule has 2 amide bonds. The number of nitrogens with zero attached hydrogens (tertiary/aromatic N) is 1. The van der Waals surface area contributed by atoms with E-state index in [1.54, 1.807) is 12.1 Å². The molecule has 1 aromatic carbocycles. The number of halogens is 1. The van der Waals surface area contributed by atoms with E-state index in [0.717, 1.165) is 12.8 Å². The Labute approximate surface area is 138 Å². The molecule has 0 spiro atoms. The van der Waals surface area contributed by atoms with Gasteiger partial charge < -0.3 is 15.5 Å². The summed E-state index contributed by atoms with van der Waals surface area (Å²) in [7, 11) is 0. The molecule has 1 heterocycles. The summed E-state index contributed by atoms with van der Waals surface area (Å²) in [5.74, 6) is -0.305. The quantitative estimate of drug-likeness (QED) is 0.675. The molecule has 1 fully saturated rings. The van der Waals surface area contributed by atoms with E-state index in [2.05, 4.69) is 15.5 Å². The number of likely N-dealkylation sites (tertiary alicyclic amines) is 1. The molecule has 23 heavy (non-hydrogen) atoms. The maximum absolute atomic E-state index is 12.8. The van der Waals surface area contributed by atoms with E-state index in [9.17, 15) is 9.18 Å². The van der Waals surface area contributed by atoms with Crippen LogP contribution in [0, 0.1) is 5.82 Å². The third-order valence-electron chi connectivity index (χ3n) is 4.24. The molecule has 5 heteroatoms. The van der Waals surface area contributed by atoms with Crippen molar-refractivity contribution in [2.45, 2.75) is 44.9 Å². The Kier molecular flexibility index (Phi) is 7.87. The molecule has 1 saturated heterocycles. The van der Waals surface area contributed by atoms with Gasteiger partial charge in [-0.2, -0.15) is 0 Å². The summed E-state index contributed by atoms with van der Waals surface area (Å²) in [6, 6.07) is 5.53. The van der Waals surface area contributed by atoms with Gasteiger partial charge in [0.05, 0.1) is 0 Å². The summed E-state index contributed by atoms with van der Waals surface area (Å²) >= 11 is 0. The minimum atomic E-state index is -0.305. The Morgan fingerprint density at radius 1 is 1.00 bits per heavy atom. The second kappa shape index (κ2) is 10.2. The zero-order valence-electron chi connectivity index (χ0n) is 13.8. The van der Waals surface area contributed by atoms with Crippen LogP contribution in [-0.4, -0.2) is 37.1 Å². The molecule has 0 aliphatic carbocycles. The van der Waals surface area contributed by atoms with E-state index in [1.807, 2.05) is 0 Å². The van der Waals surface area contributed by atoms with Crippen molar-refractivity contribution in [3.05, 3.63) is 30.1 Å². The van der Waals surface area contributed by atoms with E-state index in [4.69, 9.17) is 0 Å². The van der Waals surface area contributed by atoms with Crippen molar-refractivity contribution < 1.29 is 9.18 Å². The summed E-state index contributed by atoms with van der Waals surface area (Å²) < 4.78 is 12.8. The molecule has 0 aromatic heterocycles. The lowest BCUT2D eigenvalue weighted by Gasteiger charge is -2.13. The van der Waals surface area contributed by atoms with Gasteiger partial charge in [0.2, 0.25) is 0 Å². The van der Waals surface area contributed by atoms with E-state index < -0.39 is 0 Å². The second-order valence-corrected chi connectivity index (χ2v) is 6.20. The van der Waals surface area contributed by atoms with Crippen LogP contribution in [0.3, 0.4) is 0 Å². The molecule has 0 unspecified atom stereocenters. The highest BCUT2D eigenvalue weighted by molar-refractivity contribution is 5.89. The average Bonchev–Trinajstić information content (AvgIpc) is 3.05. The first-order valence-electron chi connectivity index (χ1n) is 8.77. The second-order valence-electron chi connectivity index (χ2n) is 6.20. The lowest BCUT2D eigenvalue weighted by atomic mass is 10.1. The van der Waals surface area contributed by atoms with Crippen molar-refractivity contribution in [3.8, 4) is 0 Å². The van der Waals surface area contributed by atoms with Crippen LogP contribution in [0.5, 0.6) is 0 Å². The monoisotopic (exact) mass is 321 g/mol. The number of amides is 2. The smallest absolute Gasteiger partial charge is 0.319 e. The van der Waals surface area contributed by atoms with Crippen LogP contribution in [0.1, 0.15) is 44.9 Å². The highest BCUT2D eigenvalue weighted by Crippen LogP contribution is 2.10. The Morgan fingerprint density at radius 2 is 1.65 bits per heavy atom. The van der Waals surface area contributed by atoms with Gasteiger partial charge in [-0.05, 0) is 69.6 Å². The Morgan fingerprint density at radius 3 is 2.39 bits per heavy atom. The van der Waals surface area contributed by atoms with Crippen molar-refractivity contribution in [1.82, 2.24) is 10.2 Å². The number of anilines is 1. The summed E-state index contributed by atoms with van der Waals surface area (Å²) in [4.78, 5) is 14.2. The molecule has 4 nitrogen and oxygen atoms in total. The summed E-state index contributed by atoms with van der Waals surface area (Å²) in [6.07, 6.45) is 8.68. The molecular weight excluding hydrogens is 293 g/mol. The first kappa shape index (κ1) is 17.7. The molecule has 0 saturated carbocycles. The zero-order chi connectivity index (χ0) is 16.3. The summed E-state index contributed by atoms with van der Waals surface area (Å²) in [5.41, 5.74) is 0.603. The molecule has 1 aliphatic heterocycles. The molecule has 0 bridgehead atoms. The molecule has 2 N–H and O–H groups in total. The molecular formula is C18H28FN3O. The lowest BCUT2D eigenvalue weighted by Crippen LogP contribution is -2.29. The van der Waals surface area contributed by atoms with Crippen molar-refractivity contribution in [1.29, 1.82) is 0 Å². The number of carbonyl (C=O) groups is 1. The van der Waals surface area contributed by atoms with Crippen LogP contribution < -0.4 is 10.6 Å². The lowest BCUT2D eigenvalue weighted by molar-refractivity contribution is 0.252. The number of rotatable bonds is 9. The number of hydrogen-bond donors (Lipinski definition) is 2. The van der Waals surface area contributed by atoms with Gasteiger partial charge in [0, 0.05) is 12.2 Å². The predicted molar refractivity (Wildman–Crippen MR) is 92.2 cm³/mol. The molecule has 0 radical (unpaired) electrons. The van der Waals surface area contributed by atoms with Gasteiger partial charge in [0.15, 0.2) is 0 Å². The fourth-order valence-corrected chi connectivity index (χ4v) is 2.91. The third-order valence-corrected chi connectivity index (χ3v) is 4.24. The summed E-state index contributed by atoms with van der Waals surface area (Å²) in [6.45, 7) is 4.50. The maximum atomic E-state index is 12.8. The third kappa shape index (κ3) is 7.46. The topological polar surface area (TPSA) is 44.4 Å². The van der Waals surface area contributed by atoms with E-state index in [0.29, 0.717) is 12.2 Å². The largest absolute Gasteiger partial charge is 0.338 e. The number of benzene rings is 1. The first-order chi connectivity index (χ1) is 11.2. The SMILES string of the molecule is O=C(NCCCCCCCN1CCCC1)Nc1ccc(F)cc1. The van der Waals surface area contributed by atoms with E-state index in [1.165, 1.54) is 63.9 Å². The molecule has 0 atom stereocenters. The fourth-order valence-electron chi connectivity index (χ4n) is 2.91. The van der Waals surface area contributed by atoms with Gasteiger partial charge in [-0.3, -0.25) is 0 Å². The van der Waals surface area contributed by atoms with Crippen LogP contribution >= 0.6 is 0 Å². The average molecular weight is 321 g/mol. The van der Waals surface area contributed by atoms with Crippen LogP contribution in [0.4, 0.5) is 14.9 Å². The Bertz CT molecular complexity index is 458. The van der Waals surface area contributed by atoms with E-state index in [-0.39, 0.29) is 11.8 Å². The van der Waals surface area contributed by atoms with Gasteiger partial charge in [-0.1, -0.05) is 19.3 Å². The van der Waals surface area contributed by atoms with Crippen molar-refractivity contribution in [2.75, 3.05) is 31.5 Å². The van der Waals surface area contributed by atoms with Gasteiger partial charge in [-0.25, -0.2) is 9.18 Å². The van der Waals surface area contributed by atoms with Crippen LogP contribution in [0.25, 0.3) is 0 Å². The van der Waals surface area contributed by atoms with Crippen LogP contribution in [0.2, 0.25) is 0 Å². The highest BCUT2D eigenvalue weighted by atomic mass is 19.1. The fraction of sp³-hybridized carbons (Fsp3) is 0.611. The molecule has 2 rings (SSSR count). The Balaban J connectivity index is 1.42. The van der Waals surface area contributed by atoms with Gasteiger partial charge >= 0.3 is 6.03 Å². The van der Waals surface area contributed by atoms with Crippen molar-refractivity contribution in [3.63, 3.8) is 0 Å². The van der Waals surface area contributed by atoms with Crippen LogP contribution in [-0.2, 0) is 0 Å². The standard InChI is InChI=1S/C18H28FN3O/c19-16-8-10-17(11-9-16)21-18(23)20-12-4-2-1-3-5-13-22-14-6-7-15-22/h8-11H,1-7,12-15H2,(H2,20,21,23). The Hall–Kier alpha value is -1.62. The highest BCUT2D eigenvalue weighted by Gasteiger charge is 2.09. The number of hydrogen-bond acceptors (Lipinski definition) is 2. The van der Waals surface area contributed by atoms with Gasteiger partial charge in [0.25, 0.3) is 0 Å². The zero-order valence-corrected chi connectivity index (χ0v) is 13.8. The molecule has 1 aliphatic rings. The summed E-state index contributed by atoms with van der Waals surface area (Å²) in [5, 5.41) is 5.52. The van der Waals surface area contributed by atoms with E-state index >= 15 is 0 Å². The van der Waals surface area contributed by atoms with Gasteiger partial charge in [0.1, 0.15) is 5.82 Å². The first-order valence-corrected chi connectivity index (χ1v) is 8.77. The van der Waals surface area contributed by atoms with Gasteiger partial charge in [-0.15, -0.1) is 0 Å². The predicted octanol–water partition coefficient (Wildman–Crippen LogP) is 3.99. The van der Waals surface area contributed by atoms with Crippen molar-refractivity contribution >= 4 is 11.7 Å². The minimum Gasteiger partial charge on any atom is -0.338 e. The normalized spacial score (nSPS) is 14.8. The minimum absolute atomic E-state index is 0.231. The number of carbonyl (C=O) groups excluding carboxylic acids is 1. The number of nitrogens with one attached hydrogen (secondary N) is 2. The van der Waals surface area contributed by atoms with Crippen molar-refractivity contribution in [2.24, 2.45) is 0 Å². The number of unbranched alkanes of at least 4 members (excludes halogenated alkanes) is 4. The molecule has 128 valence electrons. The van der Waals surface area contributed by atoms with Crippen LogP contribution in [0.15, 0.2) is 24.3 Å². The molecule has 1 aromatic rings. The number of urea groups is 1.